The summed E-state index contributed by atoms with van der Waals surface area (Å²) >= 11 is 12.3. The normalized spacial score (nSPS) is 24.7. The first-order chi connectivity index (χ1) is 19.4. The first-order valence-electron chi connectivity index (χ1n) is 13.8. The molecule has 2 aliphatic heterocycles. The van der Waals surface area contributed by atoms with Gasteiger partial charge in [-0.05, 0) is 67.1 Å². The van der Waals surface area contributed by atoms with Gasteiger partial charge in [-0.15, -0.1) is 0 Å². The largest absolute Gasteiger partial charge is 0.353 e. The fraction of sp³-hybridized carbons (Fsp3) is 0.484. The van der Waals surface area contributed by atoms with Crippen LogP contribution in [0, 0.1) is 29.5 Å². The summed E-state index contributed by atoms with van der Waals surface area (Å²) in [5.74, 6) is -3.02. The fourth-order valence-corrected chi connectivity index (χ4v) is 6.67. The number of hydrogen-bond donors (Lipinski definition) is 3. The number of benzene rings is 2. The van der Waals surface area contributed by atoms with E-state index in [2.05, 4.69) is 26.9 Å². The van der Waals surface area contributed by atoms with Gasteiger partial charge in [-0.2, -0.15) is 0 Å². The van der Waals surface area contributed by atoms with Crippen molar-refractivity contribution in [2.45, 2.75) is 63.5 Å². The molecule has 2 heterocycles. The van der Waals surface area contributed by atoms with E-state index in [1.54, 1.807) is 6.07 Å². The number of nitrogens with one attached hydrogen (secondary N) is 3. The maximum Gasteiger partial charge on any atom is 0.237 e. The third-order valence-corrected chi connectivity index (χ3v) is 8.66. The first-order valence-corrected chi connectivity index (χ1v) is 14.6. The Labute approximate surface area is 250 Å². The average Bonchev–Trinajstić information content (AvgIpc) is 3.53. The van der Waals surface area contributed by atoms with E-state index in [0.717, 1.165) is 32.0 Å². The zero-order chi connectivity index (χ0) is 29.9. The highest BCUT2D eigenvalue weighted by Crippen LogP contribution is 2.53. The summed E-state index contributed by atoms with van der Waals surface area (Å²) in [6.07, 6.45) is 8.88. The van der Waals surface area contributed by atoms with E-state index in [0.29, 0.717) is 25.8 Å². The Kier molecular flexibility index (Phi) is 9.65. The van der Waals surface area contributed by atoms with Crippen molar-refractivity contribution < 1.29 is 18.4 Å². The van der Waals surface area contributed by atoms with Gasteiger partial charge in [-0.25, -0.2) is 8.78 Å². The quantitative estimate of drug-likeness (QED) is 0.201. The van der Waals surface area contributed by atoms with Gasteiger partial charge in [-0.3, -0.25) is 4.79 Å². The third kappa shape index (κ3) is 6.39. The number of likely N-dealkylation sites (tertiary alicyclic amines) is 1. The lowest BCUT2D eigenvalue weighted by Crippen LogP contribution is -2.47. The van der Waals surface area contributed by atoms with Crippen LogP contribution in [0.2, 0.25) is 10.0 Å². The second-order valence-electron chi connectivity index (χ2n) is 12.1. The molecule has 6 nitrogen and oxygen atoms in total. The monoisotopic (exact) mass is 604 g/mol. The number of hydrogen-bond acceptors (Lipinski definition) is 5. The minimum Gasteiger partial charge on any atom is -0.353 e. The van der Waals surface area contributed by atoms with Crippen molar-refractivity contribution in [3.05, 3.63) is 63.1 Å². The maximum atomic E-state index is 15.8. The van der Waals surface area contributed by atoms with Crippen LogP contribution in [-0.4, -0.2) is 55.4 Å². The Bertz CT molecular complexity index is 1340. The van der Waals surface area contributed by atoms with E-state index in [-0.39, 0.29) is 32.3 Å². The lowest BCUT2D eigenvalue weighted by molar-refractivity contribution is -0.123. The van der Waals surface area contributed by atoms with E-state index in [1.165, 1.54) is 18.2 Å². The molecule has 41 heavy (non-hydrogen) atoms. The van der Waals surface area contributed by atoms with Crippen LogP contribution in [0.15, 0.2) is 30.3 Å². The fourth-order valence-electron chi connectivity index (χ4n) is 6.32. The highest BCUT2D eigenvalue weighted by atomic mass is 35.5. The van der Waals surface area contributed by atoms with Crippen LogP contribution in [0.4, 0.5) is 14.5 Å². The summed E-state index contributed by atoms with van der Waals surface area (Å²) in [6.45, 7) is 8.99. The number of amides is 1. The minimum atomic E-state index is -1.64. The standard InChI is InChI=1S/C31H36Cl2F2N4O2/c1-5-36-24-16-22(33)23(34)15-20(24)31(18-40)25(17-30(2,3)4)38-28(26(31)19-9-8-10-21(32)27(19)35)29(41)37-11-14-39-12-6-7-13-39/h1,8-10,15-16,18,25-26,28,36,38H,6-7,11-14,17H2,2-4H3,(H,37,41). The molecule has 2 aromatic rings. The number of carbonyl (C=O) groups is 2. The molecular formula is C31H36Cl2F2N4O2. The van der Waals surface area contributed by atoms with Gasteiger partial charge in [0, 0.05) is 31.1 Å². The van der Waals surface area contributed by atoms with E-state index < -0.39 is 41.0 Å². The number of terminal acetylenes is 1. The molecular weight excluding hydrogens is 569 g/mol. The number of carbonyl (C=O) groups excluding carboxylic acids is 2. The van der Waals surface area contributed by atoms with Crippen molar-refractivity contribution in [3.63, 3.8) is 0 Å². The Morgan fingerprint density at radius 3 is 2.56 bits per heavy atom. The molecule has 2 aromatic carbocycles. The SMILES string of the molecule is C#CNc1cc(Cl)c(F)cc1C1(C=O)C(CC(C)(C)C)NC(C(=O)NCCN2CCCC2)C1c1cccc(Cl)c1F. The van der Waals surface area contributed by atoms with Crippen LogP contribution >= 0.6 is 23.2 Å². The van der Waals surface area contributed by atoms with Crippen molar-refractivity contribution in [2.24, 2.45) is 5.41 Å². The van der Waals surface area contributed by atoms with Crippen molar-refractivity contribution in [1.29, 1.82) is 0 Å². The van der Waals surface area contributed by atoms with Crippen LogP contribution in [0.5, 0.6) is 0 Å². The van der Waals surface area contributed by atoms with Crippen molar-refractivity contribution in [2.75, 3.05) is 31.5 Å². The van der Waals surface area contributed by atoms with Crippen molar-refractivity contribution in [3.8, 4) is 12.5 Å². The second kappa shape index (κ2) is 12.7. The Hall–Kier alpha value is -2.70. The summed E-state index contributed by atoms with van der Waals surface area (Å²) in [5.41, 5.74) is -1.52. The van der Waals surface area contributed by atoms with Crippen LogP contribution in [0.1, 0.15) is 57.1 Å². The molecule has 3 N–H and O–H groups in total. The number of halogens is 4. The third-order valence-electron chi connectivity index (χ3n) is 8.08. The van der Waals surface area contributed by atoms with Gasteiger partial charge >= 0.3 is 0 Å². The molecule has 4 unspecified atom stereocenters. The zero-order valence-electron chi connectivity index (χ0n) is 23.5. The molecule has 10 heteroatoms. The van der Waals surface area contributed by atoms with Gasteiger partial charge in [0.2, 0.25) is 5.91 Å². The zero-order valence-corrected chi connectivity index (χ0v) is 25.0. The van der Waals surface area contributed by atoms with Crippen molar-refractivity contribution in [1.82, 2.24) is 15.5 Å². The molecule has 220 valence electrons. The van der Waals surface area contributed by atoms with E-state index in [4.69, 9.17) is 29.6 Å². The second-order valence-corrected chi connectivity index (χ2v) is 12.9. The van der Waals surface area contributed by atoms with Gasteiger partial charge < -0.3 is 25.6 Å². The number of aldehydes is 1. The predicted octanol–water partition coefficient (Wildman–Crippen LogP) is 5.48. The molecule has 2 fully saturated rings. The Morgan fingerprint density at radius 1 is 1.22 bits per heavy atom. The number of anilines is 1. The summed E-state index contributed by atoms with van der Waals surface area (Å²) in [7, 11) is 0. The summed E-state index contributed by atoms with van der Waals surface area (Å²) < 4.78 is 31.0. The molecule has 0 spiro atoms. The molecule has 0 aromatic heterocycles. The lowest BCUT2D eigenvalue weighted by Gasteiger charge is -2.39. The van der Waals surface area contributed by atoms with Gasteiger partial charge in [-0.1, -0.05) is 62.5 Å². The highest BCUT2D eigenvalue weighted by molar-refractivity contribution is 6.31. The molecule has 4 rings (SSSR count). The van der Waals surface area contributed by atoms with E-state index in [1.807, 2.05) is 20.8 Å². The smallest absolute Gasteiger partial charge is 0.237 e. The van der Waals surface area contributed by atoms with Gasteiger partial charge in [0.25, 0.3) is 0 Å². The molecule has 2 saturated heterocycles. The van der Waals surface area contributed by atoms with Gasteiger partial charge in [0.05, 0.1) is 27.2 Å². The van der Waals surface area contributed by atoms with Gasteiger partial charge in [0.15, 0.2) is 0 Å². The average molecular weight is 606 g/mol. The van der Waals surface area contributed by atoms with Gasteiger partial charge in [0.1, 0.15) is 17.9 Å². The number of rotatable bonds is 9. The topological polar surface area (TPSA) is 73.5 Å². The summed E-state index contributed by atoms with van der Waals surface area (Å²) in [4.78, 5) is 29.7. The molecule has 1 amide bonds. The summed E-state index contributed by atoms with van der Waals surface area (Å²) in [6, 6.07) is 7.49. The maximum absolute atomic E-state index is 15.8. The van der Waals surface area contributed by atoms with Crippen LogP contribution in [-0.2, 0) is 15.0 Å². The lowest BCUT2D eigenvalue weighted by atomic mass is 9.62. The van der Waals surface area contributed by atoms with Crippen LogP contribution in [0.25, 0.3) is 0 Å². The molecule has 0 bridgehead atoms. The number of nitrogens with zero attached hydrogens (tertiary/aromatic N) is 1. The van der Waals surface area contributed by atoms with E-state index in [9.17, 15) is 9.59 Å². The summed E-state index contributed by atoms with van der Waals surface area (Å²) in [5, 5.41) is 8.73. The van der Waals surface area contributed by atoms with Crippen molar-refractivity contribution >= 4 is 41.1 Å². The highest BCUT2D eigenvalue weighted by Gasteiger charge is 2.60. The predicted molar refractivity (Wildman–Crippen MR) is 159 cm³/mol. The molecule has 0 aliphatic carbocycles. The Balaban J connectivity index is 1.91. The first kappa shape index (κ1) is 31.2. The molecule has 4 atom stereocenters. The Morgan fingerprint density at radius 2 is 1.93 bits per heavy atom. The van der Waals surface area contributed by atoms with Crippen LogP contribution < -0.4 is 16.0 Å². The van der Waals surface area contributed by atoms with Crippen LogP contribution in [0.3, 0.4) is 0 Å². The van der Waals surface area contributed by atoms with E-state index >= 15 is 8.78 Å². The molecule has 2 aliphatic rings. The minimum absolute atomic E-state index is 0.0650. The molecule has 0 saturated carbocycles. The molecule has 0 radical (unpaired) electrons.